The van der Waals surface area contributed by atoms with Gasteiger partial charge in [0, 0.05) is 17.2 Å². The molecule has 2 rings (SSSR count). The van der Waals surface area contributed by atoms with E-state index in [1.807, 2.05) is 17.9 Å². The molecule has 4 heteroatoms. The number of hydrogen-bond donors (Lipinski definition) is 1. The summed E-state index contributed by atoms with van der Waals surface area (Å²) < 4.78 is 3.02. The molecule has 0 spiro atoms. The number of nitrogens with zero attached hydrogens (tertiary/aromatic N) is 2. The summed E-state index contributed by atoms with van der Waals surface area (Å²) in [5.41, 5.74) is 3.47. The van der Waals surface area contributed by atoms with Gasteiger partial charge in [-0.3, -0.25) is 0 Å². The van der Waals surface area contributed by atoms with Gasteiger partial charge >= 0.3 is 0 Å². The Bertz CT molecular complexity index is 532. The molecule has 0 amide bonds. The molecule has 0 aliphatic heterocycles. The zero-order chi connectivity index (χ0) is 13.1. The molecule has 18 heavy (non-hydrogen) atoms. The Morgan fingerprint density at radius 2 is 2.11 bits per heavy atom. The fourth-order valence-electron chi connectivity index (χ4n) is 1.87. The first-order valence-corrected chi connectivity index (χ1v) is 6.90. The maximum Gasteiger partial charge on any atom is 0.0701 e. The van der Waals surface area contributed by atoms with Gasteiger partial charge in [0.25, 0.3) is 0 Å². The van der Waals surface area contributed by atoms with E-state index in [9.17, 15) is 0 Å². The second-order valence-corrected chi connectivity index (χ2v) is 5.56. The maximum absolute atomic E-state index is 4.63. The number of hydrogen-bond acceptors (Lipinski definition) is 2. The summed E-state index contributed by atoms with van der Waals surface area (Å²) in [4.78, 5) is 0. The highest BCUT2D eigenvalue weighted by molar-refractivity contribution is 9.10. The Labute approximate surface area is 116 Å². The van der Waals surface area contributed by atoms with Crippen LogP contribution in [0.2, 0.25) is 0 Å². The predicted molar refractivity (Wildman–Crippen MR) is 78.1 cm³/mol. The number of halogens is 1. The lowest BCUT2D eigenvalue weighted by Gasteiger charge is -2.10. The summed E-state index contributed by atoms with van der Waals surface area (Å²) in [5.74, 6) is 0.450. The largest absolute Gasteiger partial charge is 0.316 e. The maximum atomic E-state index is 4.63. The van der Waals surface area contributed by atoms with Gasteiger partial charge < -0.3 is 5.32 Å². The van der Waals surface area contributed by atoms with Crippen molar-refractivity contribution < 1.29 is 0 Å². The lowest BCUT2D eigenvalue weighted by Crippen LogP contribution is -2.09. The number of aromatic nitrogens is 2. The van der Waals surface area contributed by atoms with Gasteiger partial charge in [0.2, 0.25) is 0 Å². The van der Waals surface area contributed by atoms with E-state index < -0.39 is 0 Å². The van der Waals surface area contributed by atoms with Gasteiger partial charge in [0.15, 0.2) is 0 Å². The van der Waals surface area contributed by atoms with Crippen LogP contribution in [0.3, 0.4) is 0 Å². The summed E-state index contributed by atoms with van der Waals surface area (Å²) in [6.07, 6.45) is 2.02. The second kappa shape index (κ2) is 5.67. The van der Waals surface area contributed by atoms with Crippen molar-refractivity contribution in [2.24, 2.45) is 0 Å². The van der Waals surface area contributed by atoms with Crippen molar-refractivity contribution in [1.82, 2.24) is 15.1 Å². The molecule has 1 N–H and O–H groups in total. The normalized spacial score (nSPS) is 11.2. The summed E-state index contributed by atoms with van der Waals surface area (Å²) >= 11 is 3.52. The fourth-order valence-corrected chi connectivity index (χ4v) is 2.22. The van der Waals surface area contributed by atoms with Gasteiger partial charge in [-0.2, -0.15) is 5.10 Å². The van der Waals surface area contributed by atoms with Crippen LogP contribution in [0.25, 0.3) is 5.69 Å². The minimum Gasteiger partial charge on any atom is -0.316 e. The quantitative estimate of drug-likeness (QED) is 0.937. The lowest BCUT2D eigenvalue weighted by atomic mass is 10.1. The second-order valence-electron chi connectivity index (χ2n) is 4.64. The molecule has 0 atom stereocenters. The van der Waals surface area contributed by atoms with Crippen molar-refractivity contribution in [2.45, 2.75) is 26.3 Å². The van der Waals surface area contributed by atoms with Gasteiger partial charge in [-0.15, -0.1) is 0 Å². The minimum absolute atomic E-state index is 0.450. The van der Waals surface area contributed by atoms with Crippen LogP contribution in [0.4, 0.5) is 0 Å². The molecular formula is C14H18BrN3. The van der Waals surface area contributed by atoms with E-state index in [0.29, 0.717) is 5.92 Å². The van der Waals surface area contributed by atoms with Crippen LogP contribution in [0, 0.1) is 0 Å². The van der Waals surface area contributed by atoms with Crippen LogP contribution in [0.15, 0.2) is 34.9 Å². The van der Waals surface area contributed by atoms with E-state index >= 15 is 0 Å². The molecule has 1 heterocycles. The van der Waals surface area contributed by atoms with Gasteiger partial charge in [-0.1, -0.05) is 35.8 Å². The fraction of sp³-hybridized carbons (Fsp3) is 0.357. The molecule has 0 bridgehead atoms. The summed E-state index contributed by atoms with van der Waals surface area (Å²) in [7, 11) is 1.95. The van der Waals surface area contributed by atoms with Crippen LogP contribution in [0.5, 0.6) is 0 Å². The Balaban J connectivity index is 2.44. The van der Waals surface area contributed by atoms with Crippen LogP contribution >= 0.6 is 15.9 Å². The summed E-state index contributed by atoms with van der Waals surface area (Å²) in [6, 6.07) is 8.36. The zero-order valence-corrected chi connectivity index (χ0v) is 12.5. The van der Waals surface area contributed by atoms with E-state index in [0.717, 1.165) is 22.4 Å². The highest BCUT2D eigenvalue weighted by Crippen LogP contribution is 2.21. The van der Waals surface area contributed by atoms with E-state index in [1.54, 1.807) is 0 Å². The van der Waals surface area contributed by atoms with Gasteiger partial charge in [0.1, 0.15) is 0 Å². The smallest absolute Gasteiger partial charge is 0.0701 e. The van der Waals surface area contributed by atoms with Crippen molar-refractivity contribution in [3.63, 3.8) is 0 Å². The number of rotatable bonds is 4. The zero-order valence-electron chi connectivity index (χ0n) is 10.9. The molecule has 0 aliphatic rings. The van der Waals surface area contributed by atoms with Crippen LogP contribution in [0.1, 0.15) is 31.0 Å². The molecule has 0 fully saturated rings. The third-order valence-corrected chi connectivity index (χ3v) is 3.36. The Kier molecular flexibility index (Phi) is 4.19. The monoisotopic (exact) mass is 307 g/mol. The van der Waals surface area contributed by atoms with E-state index in [1.165, 1.54) is 5.56 Å². The van der Waals surface area contributed by atoms with E-state index in [-0.39, 0.29) is 0 Å². The summed E-state index contributed by atoms with van der Waals surface area (Å²) in [5, 5.41) is 7.82. The van der Waals surface area contributed by atoms with Gasteiger partial charge in [-0.25, -0.2) is 4.68 Å². The molecule has 0 radical (unpaired) electrons. The number of nitrogens with one attached hydrogen (secondary N) is 1. The van der Waals surface area contributed by atoms with Crippen molar-refractivity contribution >= 4 is 15.9 Å². The van der Waals surface area contributed by atoms with Crippen molar-refractivity contribution in [3.8, 4) is 5.69 Å². The Morgan fingerprint density at radius 1 is 1.33 bits per heavy atom. The minimum atomic E-state index is 0.450. The average molecular weight is 308 g/mol. The Hall–Kier alpha value is -1.13. The van der Waals surface area contributed by atoms with E-state index in [2.05, 4.69) is 64.5 Å². The van der Waals surface area contributed by atoms with Crippen LogP contribution < -0.4 is 5.32 Å². The first-order valence-electron chi connectivity index (χ1n) is 6.10. The molecule has 0 unspecified atom stereocenters. The molecule has 0 aliphatic carbocycles. The van der Waals surface area contributed by atoms with Crippen molar-refractivity contribution in [2.75, 3.05) is 7.05 Å². The molecule has 1 aromatic heterocycles. The number of benzene rings is 1. The van der Waals surface area contributed by atoms with Crippen LogP contribution in [-0.2, 0) is 6.54 Å². The third kappa shape index (κ3) is 2.82. The lowest BCUT2D eigenvalue weighted by molar-refractivity contribution is 0.751. The van der Waals surface area contributed by atoms with Crippen molar-refractivity contribution in [3.05, 3.63) is 46.2 Å². The van der Waals surface area contributed by atoms with Crippen molar-refractivity contribution in [1.29, 1.82) is 0 Å². The molecule has 0 saturated heterocycles. The summed E-state index contributed by atoms with van der Waals surface area (Å²) in [6.45, 7) is 5.14. The van der Waals surface area contributed by atoms with Gasteiger partial charge in [0.05, 0.1) is 11.4 Å². The first kappa shape index (κ1) is 13.3. The topological polar surface area (TPSA) is 29.9 Å². The van der Waals surface area contributed by atoms with Gasteiger partial charge in [-0.05, 0) is 36.7 Å². The average Bonchev–Trinajstić information content (AvgIpc) is 2.81. The molecule has 1 aromatic carbocycles. The third-order valence-electron chi connectivity index (χ3n) is 2.86. The predicted octanol–water partition coefficient (Wildman–Crippen LogP) is 3.48. The standard InChI is InChI=1S/C14H18BrN3/c1-10(2)13-6-7-18(17-13)14-8-12(15)5-4-11(14)9-16-3/h4-8,10,16H,9H2,1-3H3. The molecule has 0 saturated carbocycles. The molecule has 2 aromatic rings. The molecular weight excluding hydrogens is 290 g/mol. The highest BCUT2D eigenvalue weighted by Gasteiger charge is 2.08. The highest BCUT2D eigenvalue weighted by atomic mass is 79.9. The first-order chi connectivity index (χ1) is 8.61. The van der Waals surface area contributed by atoms with E-state index in [4.69, 9.17) is 0 Å². The SMILES string of the molecule is CNCc1ccc(Br)cc1-n1ccc(C(C)C)n1. The molecule has 3 nitrogen and oxygen atoms in total. The Morgan fingerprint density at radius 3 is 2.72 bits per heavy atom. The molecule has 96 valence electrons. The van der Waals surface area contributed by atoms with Crippen LogP contribution in [-0.4, -0.2) is 16.8 Å².